The Labute approximate surface area is 204 Å². The van der Waals surface area contributed by atoms with Crippen molar-refractivity contribution in [3.8, 4) is 6.07 Å². The molecule has 1 amide bonds. The summed E-state index contributed by atoms with van der Waals surface area (Å²) in [6.07, 6.45) is 7.17. The van der Waals surface area contributed by atoms with Gasteiger partial charge in [-0.2, -0.15) is 5.26 Å². The number of fused-ring (bicyclic) bond motifs is 1. The Balaban J connectivity index is 1.71. The SMILES string of the molecule is CC1(C)CC(=O)C2=C(C1)N(c1sc3c(c1C#N)CCCCCC3)C(=O)C[C@@H]2c1ccccc1F. The van der Waals surface area contributed by atoms with E-state index in [4.69, 9.17) is 0 Å². The van der Waals surface area contributed by atoms with E-state index in [1.54, 1.807) is 23.1 Å². The van der Waals surface area contributed by atoms with Crippen LogP contribution < -0.4 is 4.90 Å². The average molecular weight is 477 g/mol. The number of ketones is 1. The van der Waals surface area contributed by atoms with E-state index >= 15 is 0 Å². The van der Waals surface area contributed by atoms with Crippen molar-refractivity contribution in [1.82, 2.24) is 0 Å². The molecule has 1 aromatic heterocycles. The van der Waals surface area contributed by atoms with Crippen molar-refractivity contribution in [1.29, 1.82) is 5.26 Å². The molecule has 2 heterocycles. The number of hydrogen-bond donors (Lipinski definition) is 0. The molecule has 0 saturated heterocycles. The van der Waals surface area contributed by atoms with Gasteiger partial charge in [0.05, 0.1) is 5.56 Å². The number of aryl methyl sites for hydroxylation is 1. The number of nitrogens with zero attached hydrogens (tertiary/aromatic N) is 2. The van der Waals surface area contributed by atoms with Crippen LogP contribution >= 0.6 is 11.3 Å². The van der Waals surface area contributed by atoms with Crippen LogP contribution in [0.25, 0.3) is 0 Å². The minimum Gasteiger partial charge on any atom is -0.294 e. The zero-order valence-electron chi connectivity index (χ0n) is 19.7. The van der Waals surface area contributed by atoms with Crippen molar-refractivity contribution in [2.75, 3.05) is 4.90 Å². The van der Waals surface area contributed by atoms with Crippen LogP contribution in [0.1, 0.15) is 86.3 Å². The second-order valence-corrected chi connectivity index (χ2v) is 11.6. The van der Waals surface area contributed by atoms with E-state index in [1.807, 2.05) is 13.8 Å². The van der Waals surface area contributed by atoms with Crippen LogP contribution in [0.2, 0.25) is 0 Å². The maximum absolute atomic E-state index is 14.8. The van der Waals surface area contributed by atoms with Crippen LogP contribution in [-0.2, 0) is 22.4 Å². The third-order valence-electron chi connectivity index (χ3n) is 7.39. The first-order chi connectivity index (χ1) is 16.3. The number of carbonyl (C=O) groups is 2. The summed E-state index contributed by atoms with van der Waals surface area (Å²) in [7, 11) is 0. The van der Waals surface area contributed by atoms with Gasteiger partial charge < -0.3 is 0 Å². The molecular weight excluding hydrogens is 447 g/mol. The number of Topliss-reactive ketones (excluding diaryl/α,β-unsaturated/α-hetero) is 1. The highest BCUT2D eigenvalue weighted by Gasteiger charge is 2.46. The fourth-order valence-electron chi connectivity index (χ4n) is 5.85. The van der Waals surface area contributed by atoms with Gasteiger partial charge in [-0.25, -0.2) is 4.39 Å². The van der Waals surface area contributed by atoms with Crippen LogP contribution in [-0.4, -0.2) is 11.7 Å². The summed E-state index contributed by atoms with van der Waals surface area (Å²) in [6, 6.07) is 8.83. The lowest BCUT2D eigenvalue weighted by Crippen LogP contribution is -2.43. The Morgan fingerprint density at radius 2 is 1.82 bits per heavy atom. The molecule has 176 valence electrons. The fraction of sp³-hybridized carbons (Fsp3) is 0.464. The zero-order valence-corrected chi connectivity index (χ0v) is 20.6. The largest absolute Gasteiger partial charge is 0.294 e. The van der Waals surface area contributed by atoms with Gasteiger partial charge in [-0.1, -0.05) is 44.9 Å². The summed E-state index contributed by atoms with van der Waals surface area (Å²) in [5.74, 6) is -1.17. The highest BCUT2D eigenvalue weighted by atomic mass is 32.1. The van der Waals surface area contributed by atoms with Crippen LogP contribution in [0.5, 0.6) is 0 Å². The lowest BCUT2D eigenvalue weighted by molar-refractivity contribution is -0.120. The summed E-state index contributed by atoms with van der Waals surface area (Å²) >= 11 is 1.54. The Kier molecular flexibility index (Phi) is 5.93. The van der Waals surface area contributed by atoms with Gasteiger partial charge in [-0.05, 0) is 54.7 Å². The van der Waals surface area contributed by atoms with Crippen molar-refractivity contribution in [2.24, 2.45) is 5.41 Å². The molecule has 1 aliphatic heterocycles. The third-order valence-corrected chi connectivity index (χ3v) is 8.67. The van der Waals surface area contributed by atoms with E-state index in [0.29, 0.717) is 40.2 Å². The number of allylic oxidation sites excluding steroid dienone is 2. The maximum atomic E-state index is 14.8. The van der Waals surface area contributed by atoms with Gasteiger partial charge in [-0.3, -0.25) is 14.5 Å². The molecule has 0 spiro atoms. The number of benzene rings is 1. The van der Waals surface area contributed by atoms with Crippen molar-refractivity contribution in [3.05, 3.63) is 62.9 Å². The minimum absolute atomic E-state index is 0.0227. The summed E-state index contributed by atoms with van der Waals surface area (Å²) in [5, 5.41) is 10.8. The highest BCUT2D eigenvalue weighted by molar-refractivity contribution is 7.16. The van der Waals surface area contributed by atoms with E-state index < -0.39 is 11.7 Å². The second-order valence-electron chi connectivity index (χ2n) is 10.5. The smallest absolute Gasteiger partial charge is 0.232 e. The Morgan fingerprint density at radius 1 is 1.09 bits per heavy atom. The average Bonchev–Trinajstić information content (AvgIpc) is 3.08. The second kappa shape index (κ2) is 8.78. The molecule has 2 aromatic rings. The molecule has 1 atom stereocenters. The quantitative estimate of drug-likeness (QED) is 0.492. The number of hydrogen-bond acceptors (Lipinski definition) is 4. The topological polar surface area (TPSA) is 61.2 Å². The Bertz CT molecular complexity index is 1250. The molecule has 0 unspecified atom stereocenters. The summed E-state index contributed by atoms with van der Waals surface area (Å²) in [5.41, 5.74) is 2.96. The van der Waals surface area contributed by atoms with Gasteiger partial charge in [0.15, 0.2) is 5.78 Å². The molecule has 0 bridgehead atoms. The predicted molar refractivity (Wildman–Crippen MR) is 131 cm³/mol. The van der Waals surface area contributed by atoms with Gasteiger partial charge in [0.2, 0.25) is 5.91 Å². The highest BCUT2D eigenvalue weighted by Crippen LogP contribution is 2.51. The number of carbonyl (C=O) groups excluding carboxylic acids is 2. The molecule has 0 radical (unpaired) electrons. The predicted octanol–water partition coefficient (Wildman–Crippen LogP) is 6.58. The normalized spacial score (nSPS) is 22.5. The number of amides is 1. The fourth-order valence-corrected chi connectivity index (χ4v) is 7.23. The third kappa shape index (κ3) is 3.90. The van der Waals surface area contributed by atoms with Crippen molar-refractivity contribution < 1.29 is 14.0 Å². The first-order valence-electron chi connectivity index (χ1n) is 12.2. The number of rotatable bonds is 2. The lowest BCUT2D eigenvalue weighted by atomic mass is 9.69. The monoisotopic (exact) mass is 476 g/mol. The van der Waals surface area contributed by atoms with Crippen LogP contribution in [0.15, 0.2) is 35.5 Å². The zero-order chi connectivity index (χ0) is 24.0. The molecular formula is C28H29FN2O2S. The molecule has 1 aromatic carbocycles. The summed E-state index contributed by atoms with van der Waals surface area (Å²) in [4.78, 5) is 30.1. The molecule has 2 aliphatic carbocycles. The first kappa shape index (κ1) is 23.0. The van der Waals surface area contributed by atoms with Gasteiger partial charge in [0.1, 0.15) is 16.9 Å². The van der Waals surface area contributed by atoms with E-state index in [2.05, 4.69) is 6.07 Å². The molecule has 0 fully saturated rings. The van der Waals surface area contributed by atoms with E-state index in [9.17, 15) is 19.2 Å². The van der Waals surface area contributed by atoms with Crippen LogP contribution in [0, 0.1) is 22.6 Å². The van der Waals surface area contributed by atoms with Gasteiger partial charge in [-0.15, -0.1) is 11.3 Å². The summed E-state index contributed by atoms with van der Waals surface area (Å²) in [6.45, 7) is 4.06. The number of nitriles is 1. The molecule has 4 nitrogen and oxygen atoms in total. The van der Waals surface area contributed by atoms with Crippen molar-refractivity contribution in [3.63, 3.8) is 0 Å². The van der Waals surface area contributed by atoms with Gasteiger partial charge in [0.25, 0.3) is 0 Å². The van der Waals surface area contributed by atoms with Crippen molar-refractivity contribution in [2.45, 2.75) is 77.6 Å². The molecule has 3 aliphatic rings. The van der Waals surface area contributed by atoms with Gasteiger partial charge >= 0.3 is 0 Å². The van der Waals surface area contributed by atoms with E-state index in [0.717, 1.165) is 37.7 Å². The minimum atomic E-state index is -0.588. The Morgan fingerprint density at radius 3 is 2.56 bits per heavy atom. The standard InChI is InChI=1S/C28H29FN2O2S/c1-28(2)14-22-26(23(32)15-28)19(17-9-7-8-11-21(17)29)13-25(33)31(22)27-20(16-30)18-10-5-3-4-6-12-24(18)34-27/h7-9,11,19H,3-6,10,12-15H2,1-2H3/t19-/m1/s1. The number of anilines is 1. The molecule has 6 heteroatoms. The lowest BCUT2D eigenvalue weighted by Gasteiger charge is -2.42. The maximum Gasteiger partial charge on any atom is 0.232 e. The first-order valence-corrected chi connectivity index (χ1v) is 13.0. The number of thiophene rings is 1. The molecule has 0 saturated carbocycles. The van der Waals surface area contributed by atoms with E-state index in [-0.39, 0.29) is 23.5 Å². The molecule has 0 N–H and O–H groups in total. The van der Waals surface area contributed by atoms with E-state index in [1.165, 1.54) is 28.7 Å². The number of halogens is 1. The molecule has 5 rings (SSSR count). The Hall–Kier alpha value is -2.78. The summed E-state index contributed by atoms with van der Waals surface area (Å²) < 4.78 is 14.8. The van der Waals surface area contributed by atoms with Crippen molar-refractivity contribution >= 4 is 28.0 Å². The van der Waals surface area contributed by atoms with Crippen LogP contribution in [0.3, 0.4) is 0 Å². The van der Waals surface area contributed by atoms with Gasteiger partial charge in [0, 0.05) is 34.9 Å². The van der Waals surface area contributed by atoms with Crippen LogP contribution in [0.4, 0.5) is 9.39 Å². The molecule has 34 heavy (non-hydrogen) atoms.